The van der Waals surface area contributed by atoms with Gasteiger partial charge in [-0.2, -0.15) is 0 Å². The molecule has 0 aliphatic rings. The zero-order valence-electron chi connectivity index (χ0n) is 9.90. The molecule has 0 saturated carbocycles. The Hall–Kier alpha value is -0.0400. The van der Waals surface area contributed by atoms with E-state index in [1.807, 2.05) is 0 Å². The average Bonchev–Trinajstić information content (AvgIpc) is 2.02. The molecule has 80 valence electrons. The molecule has 2 N–H and O–H groups in total. The summed E-state index contributed by atoms with van der Waals surface area (Å²) in [6.45, 7) is 8.78. The Morgan fingerprint density at radius 1 is 1.08 bits per heavy atom. The van der Waals surface area contributed by atoms with Crippen LogP contribution in [-0.4, -0.2) is 5.54 Å². The lowest BCUT2D eigenvalue weighted by atomic mass is 9.86. The summed E-state index contributed by atoms with van der Waals surface area (Å²) in [5.41, 5.74) is 6.02. The predicted molar refractivity (Wildman–Crippen MR) is 60.8 cm³/mol. The van der Waals surface area contributed by atoms with Gasteiger partial charge in [0.05, 0.1) is 0 Å². The van der Waals surface area contributed by atoms with Crippen molar-refractivity contribution >= 4 is 0 Å². The molecule has 0 amide bonds. The van der Waals surface area contributed by atoms with Gasteiger partial charge in [0.1, 0.15) is 0 Å². The number of hydrogen-bond donors (Lipinski definition) is 1. The van der Waals surface area contributed by atoms with Gasteiger partial charge in [-0.25, -0.2) is 0 Å². The summed E-state index contributed by atoms with van der Waals surface area (Å²) in [5.74, 6) is 0.647. The Morgan fingerprint density at radius 3 is 2.08 bits per heavy atom. The fourth-order valence-corrected chi connectivity index (χ4v) is 1.43. The molecule has 0 spiro atoms. The van der Waals surface area contributed by atoms with Gasteiger partial charge in [-0.3, -0.25) is 0 Å². The van der Waals surface area contributed by atoms with Crippen LogP contribution in [0.5, 0.6) is 0 Å². The Balaban J connectivity index is 3.32. The van der Waals surface area contributed by atoms with Crippen LogP contribution in [0.3, 0.4) is 0 Å². The van der Waals surface area contributed by atoms with Crippen LogP contribution < -0.4 is 5.73 Å². The van der Waals surface area contributed by atoms with Crippen LogP contribution in [-0.2, 0) is 0 Å². The third kappa shape index (κ3) is 7.06. The number of nitrogens with two attached hydrogens (primary N) is 1. The van der Waals surface area contributed by atoms with E-state index in [9.17, 15) is 0 Å². The summed E-state index contributed by atoms with van der Waals surface area (Å²) in [6, 6.07) is 0. The first-order valence-electron chi connectivity index (χ1n) is 5.77. The van der Waals surface area contributed by atoms with E-state index >= 15 is 0 Å². The largest absolute Gasteiger partial charge is 0.325 e. The lowest BCUT2D eigenvalue weighted by Gasteiger charge is -2.27. The molecular weight excluding hydrogens is 158 g/mol. The summed E-state index contributed by atoms with van der Waals surface area (Å²) in [5, 5.41) is 0. The molecule has 1 atom stereocenters. The summed E-state index contributed by atoms with van der Waals surface area (Å²) in [7, 11) is 0. The van der Waals surface area contributed by atoms with Crippen LogP contribution in [0.15, 0.2) is 0 Å². The first-order valence-corrected chi connectivity index (χ1v) is 5.77. The first-order chi connectivity index (χ1) is 5.98. The molecule has 13 heavy (non-hydrogen) atoms. The van der Waals surface area contributed by atoms with Crippen molar-refractivity contribution in [1.29, 1.82) is 0 Å². The van der Waals surface area contributed by atoms with Crippen LogP contribution in [0.1, 0.15) is 66.2 Å². The molecule has 0 rings (SSSR count). The molecule has 1 heteroatoms. The van der Waals surface area contributed by atoms with Crippen molar-refractivity contribution in [1.82, 2.24) is 0 Å². The van der Waals surface area contributed by atoms with Gasteiger partial charge < -0.3 is 5.73 Å². The molecule has 0 radical (unpaired) electrons. The highest BCUT2D eigenvalue weighted by atomic mass is 14.7. The summed E-state index contributed by atoms with van der Waals surface area (Å²) in [4.78, 5) is 0. The maximum Gasteiger partial charge on any atom is 0.0123 e. The molecule has 1 nitrogen and oxygen atoms in total. The first kappa shape index (κ1) is 13.0. The van der Waals surface area contributed by atoms with E-state index in [0.717, 1.165) is 0 Å². The second kappa shape index (κ2) is 6.42. The van der Waals surface area contributed by atoms with E-state index in [0.29, 0.717) is 5.92 Å². The van der Waals surface area contributed by atoms with Gasteiger partial charge in [-0.1, -0.05) is 46.0 Å². The molecule has 1 unspecified atom stereocenters. The third-order valence-corrected chi connectivity index (χ3v) is 3.01. The summed E-state index contributed by atoms with van der Waals surface area (Å²) >= 11 is 0. The molecule has 0 aliphatic carbocycles. The van der Waals surface area contributed by atoms with Gasteiger partial charge in [-0.05, 0) is 26.2 Å². The normalized spacial score (nSPS) is 14.5. The van der Waals surface area contributed by atoms with Crippen molar-refractivity contribution in [2.45, 2.75) is 71.8 Å². The molecule has 0 aliphatic heterocycles. The van der Waals surface area contributed by atoms with Crippen LogP contribution in [0.25, 0.3) is 0 Å². The number of unbranched alkanes of at least 4 members (excludes halogenated alkanes) is 4. The van der Waals surface area contributed by atoms with Crippen molar-refractivity contribution < 1.29 is 0 Å². The van der Waals surface area contributed by atoms with Crippen molar-refractivity contribution in [3.8, 4) is 0 Å². The van der Waals surface area contributed by atoms with E-state index < -0.39 is 0 Å². The van der Waals surface area contributed by atoms with Gasteiger partial charge in [0.25, 0.3) is 0 Å². The standard InChI is InChI=1S/C12H27N/c1-5-6-7-8-9-10-11(2)12(3,4)13/h11H,5-10,13H2,1-4H3. The Labute approximate surface area is 84.1 Å². The minimum Gasteiger partial charge on any atom is -0.325 e. The molecule has 0 heterocycles. The average molecular weight is 185 g/mol. The van der Waals surface area contributed by atoms with E-state index in [4.69, 9.17) is 5.73 Å². The highest BCUT2D eigenvalue weighted by molar-refractivity contribution is 4.78. The van der Waals surface area contributed by atoms with Crippen molar-refractivity contribution in [2.75, 3.05) is 0 Å². The van der Waals surface area contributed by atoms with Gasteiger partial charge in [0.2, 0.25) is 0 Å². The van der Waals surface area contributed by atoms with Crippen molar-refractivity contribution in [2.24, 2.45) is 11.7 Å². The van der Waals surface area contributed by atoms with Crippen LogP contribution in [0.2, 0.25) is 0 Å². The minimum absolute atomic E-state index is 0.00472. The van der Waals surface area contributed by atoms with Crippen molar-refractivity contribution in [3.63, 3.8) is 0 Å². The molecular formula is C12H27N. The maximum atomic E-state index is 6.02. The fourth-order valence-electron chi connectivity index (χ4n) is 1.43. The zero-order chi connectivity index (χ0) is 10.3. The lowest BCUT2D eigenvalue weighted by Crippen LogP contribution is -2.39. The Morgan fingerprint density at radius 2 is 1.62 bits per heavy atom. The van der Waals surface area contributed by atoms with E-state index in [1.54, 1.807) is 0 Å². The third-order valence-electron chi connectivity index (χ3n) is 3.01. The highest BCUT2D eigenvalue weighted by Crippen LogP contribution is 2.20. The van der Waals surface area contributed by atoms with Crippen LogP contribution >= 0.6 is 0 Å². The van der Waals surface area contributed by atoms with Crippen LogP contribution in [0, 0.1) is 5.92 Å². The van der Waals surface area contributed by atoms with Gasteiger partial charge in [-0.15, -0.1) is 0 Å². The van der Waals surface area contributed by atoms with E-state index in [-0.39, 0.29) is 5.54 Å². The second-order valence-electron chi connectivity index (χ2n) is 4.93. The zero-order valence-corrected chi connectivity index (χ0v) is 9.90. The quantitative estimate of drug-likeness (QED) is 0.601. The second-order valence-corrected chi connectivity index (χ2v) is 4.93. The Bertz CT molecular complexity index is 113. The molecule has 0 aromatic carbocycles. The molecule has 0 fully saturated rings. The molecule has 0 aromatic rings. The molecule has 0 saturated heterocycles. The van der Waals surface area contributed by atoms with Gasteiger partial charge >= 0.3 is 0 Å². The smallest absolute Gasteiger partial charge is 0.0123 e. The highest BCUT2D eigenvalue weighted by Gasteiger charge is 2.19. The fraction of sp³-hybridized carbons (Fsp3) is 1.00. The number of rotatable bonds is 7. The number of hydrogen-bond acceptors (Lipinski definition) is 1. The SMILES string of the molecule is CCCCCCCC(C)C(C)(C)N. The van der Waals surface area contributed by atoms with Gasteiger partial charge in [0, 0.05) is 5.54 Å². The minimum atomic E-state index is 0.00472. The topological polar surface area (TPSA) is 26.0 Å². The summed E-state index contributed by atoms with van der Waals surface area (Å²) in [6.07, 6.45) is 8.13. The van der Waals surface area contributed by atoms with Gasteiger partial charge in [0.15, 0.2) is 0 Å². The Kier molecular flexibility index (Phi) is 6.40. The molecule has 0 aromatic heterocycles. The van der Waals surface area contributed by atoms with Crippen molar-refractivity contribution in [3.05, 3.63) is 0 Å². The predicted octanol–water partition coefficient (Wildman–Crippen LogP) is 3.72. The summed E-state index contributed by atoms with van der Waals surface area (Å²) < 4.78 is 0. The lowest BCUT2D eigenvalue weighted by molar-refractivity contribution is 0.316. The maximum absolute atomic E-state index is 6.02. The van der Waals surface area contributed by atoms with Crippen LogP contribution in [0.4, 0.5) is 0 Å². The van der Waals surface area contributed by atoms with E-state index in [1.165, 1.54) is 38.5 Å². The molecule has 0 bridgehead atoms. The monoisotopic (exact) mass is 185 g/mol. The van der Waals surface area contributed by atoms with E-state index in [2.05, 4.69) is 27.7 Å².